The molecule has 1 fully saturated rings. The first kappa shape index (κ1) is 10.0. The molecular weight excluding hydrogens is 152 g/mol. The monoisotopic (exact) mass is 172 g/mol. The Hall–Kier alpha value is -0.0800. The number of ether oxygens (including phenoxy) is 2. The summed E-state index contributed by atoms with van der Waals surface area (Å²) in [5, 5.41) is 0. The molecule has 2 nitrogen and oxygen atoms in total. The van der Waals surface area contributed by atoms with Gasteiger partial charge in [-0.1, -0.05) is 20.8 Å². The van der Waals surface area contributed by atoms with E-state index in [4.69, 9.17) is 9.47 Å². The molecule has 0 radical (unpaired) electrons. The Morgan fingerprint density at radius 1 is 1.50 bits per heavy atom. The number of rotatable bonds is 3. The Morgan fingerprint density at radius 3 is 2.67 bits per heavy atom. The highest BCUT2D eigenvalue weighted by Gasteiger charge is 2.36. The summed E-state index contributed by atoms with van der Waals surface area (Å²) in [6.07, 6.45) is 0.0463. The van der Waals surface area contributed by atoms with Gasteiger partial charge in [0.25, 0.3) is 0 Å². The Labute approximate surface area is 75.2 Å². The quantitative estimate of drug-likeness (QED) is 0.650. The van der Waals surface area contributed by atoms with Gasteiger partial charge in [-0.3, -0.25) is 0 Å². The zero-order valence-corrected chi connectivity index (χ0v) is 8.54. The smallest absolute Gasteiger partial charge is 0.160 e. The molecule has 1 unspecified atom stereocenters. The molecule has 1 heterocycles. The minimum atomic E-state index is 0.0463. The second-order valence-electron chi connectivity index (χ2n) is 3.96. The zero-order chi connectivity index (χ0) is 9.14. The molecule has 1 rings (SSSR count). The minimum absolute atomic E-state index is 0.0463. The molecule has 0 saturated carbocycles. The molecule has 1 aliphatic heterocycles. The summed E-state index contributed by atoms with van der Waals surface area (Å²) >= 11 is 0. The van der Waals surface area contributed by atoms with Crippen molar-refractivity contribution in [2.75, 3.05) is 13.2 Å². The normalized spacial score (nSPS) is 36.2. The summed E-state index contributed by atoms with van der Waals surface area (Å²) in [5.74, 6) is 1.87. The van der Waals surface area contributed by atoms with Gasteiger partial charge in [0.15, 0.2) is 6.29 Å². The summed E-state index contributed by atoms with van der Waals surface area (Å²) in [7, 11) is 0. The van der Waals surface area contributed by atoms with Gasteiger partial charge < -0.3 is 9.47 Å². The van der Waals surface area contributed by atoms with Crippen LogP contribution in [0.2, 0.25) is 0 Å². The van der Waals surface area contributed by atoms with Crippen molar-refractivity contribution in [3.8, 4) is 0 Å². The lowest BCUT2D eigenvalue weighted by atomic mass is 9.86. The molecular formula is C10H20O2. The average molecular weight is 172 g/mol. The summed E-state index contributed by atoms with van der Waals surface area (Å²) in [4.78, 5) is 0. The van der Waals surface area contributed by atoms with Crippen LogP contribution >= 0.6 is 0 Å². The van der Waals surface area contributed by atoms with Crippen LogP contribution in [0.25, 0.3) is 0 Å². The summed E-state index contributed by atoms with van der Waals surface area (Å²) in [6, 6.07) is 0. The molecule has 72 valence electrons. The lowest BCUT2D eigenvalue weighted by Crippen LogP contribution is -2.26. The molecule has 0 aliphatic carbocycles. The lowest BCUT2D eigenvalue weighted by Gasteiger charge is -2.23. The first-order valence-corrected chi connectivity index (χ1v) is 4.90. The highest BCUT2D eigenvalue weighted by molar-refractivity contribution is 4.78. The van der Waals surface area contributed by atoms with E-state index >= 15 is 0 Å². The van der Waals surface area contributed by atoms with Crippen LogP contribution in [-0.4, -0.2) is 19.5 Å². The van der Waals surface area contributed by atoms with Gasteiger partial charge in [-0.05, 0) is 18.8 Å². The van der Waals surface area contributed by atoms with Gasteiger partial charge in [-0.2, -0.15) is 0 Å². The van der Waals surface area contributed by atoms with E-state index in [1.54, 1.807) is 0 Å². The average Bonchev–Trinajstić information content (AvgIpc) is 2.32. The van der Waals surface area contributed by atoms with Crippen molar-refractivity contribution in [1.29, 1.82) is 0 Å². The second-order valence-corrected chi connectivity index (χ2v) is 3.96. The van der Waals surface area contributed by atoms with Crippen molar-refractivity contribution in [1.82, 2.24) is 0 Å². The first-order valence-electron chi connectivity index (χ1n) is 4.90. The highest BCUT2D eigenvalue weighted by Crippen LogP contribution is 2.33. The van der Waals surface area contributed by atoms with Crippen LogP contribution < -0.4 is 0 Å². The van der Waals surface area contributed by atoms with Crippen LogP contribution in [0.15, 0.2) is 0 Å². The fourth-order valence-electron chi connectivity index (χ4n) is 2.03. The van der Waals surface area contributed by atoms with Crippen molar-refractivity contribution in [2.24, 2.45) is 17.8 Å². The van der Waals surface area contributed by atoms with Crippen LogP contribution in [0.4, 0.5) is 0 Å². The fourth-order valence-corrected chi connectivity index (χ4v) is 2.03. The van der Waals surface area contributed by atoms with Gasteiger partial charge in [0.05, 0.1) is 6.61 Å². The largest absolute Gasteiger partial charge is 0.353 e. The van der Waals surface area contributed by atoms with E-state index in [-0.39, 0.29) is 6.29 Å². The van der Waals surface area contributed by atoms with E-state index in [1.807, 2.05) is 6.92 Å². The van der Waals surface area contributed by atoms with Gasteiger partial charge in [-0.25, -0.2) is 0 Å². The summed E-state index contributed by atoms with van der Waals surface area (Å²) in [6.45, 7) is 10.3. The molecule has 0 amide bonds. The van der Waals surface area contributed by atoms with E-state index in [1.165, 1.54) is 0 Å². The molecule has 0 aromatic heterocycles. The van der Waals surface area contributed by atoms with Gasteiger partial charge in [0.1, 0.15) is 0 Å². The predicted molar refractivity (Wildman–Crippen MR) is 48.9 cm³/mol. The fraction of sp³-hybridized carbons (Fsp3) is 1.00. The molecule has 0 N–H and O–H groups in total. The Kier molecular flexibility index (Phi) is 3.53. The molecule has 3 atom stereocenters. The van der Waals surface area contributed by atoms with Gasteiger partial charge in [0.2, 0.25) is 0 Å². The lowest BCUT2D eigenvalue weighted by molar-refractivity contribution is -0.134. The van der Waals surface area contributed by atoms with Crippen molar-refractivity contribution < 1.29 is 9.47 Å². The van der Waals surface area contributed by atoms with E-state index in [0.29, 0.717) is 17.8 Å². The van der Waals surface area contributed by atoms with Crippen molar-refractivity contribution in [3.63, 3.8) is 0 Å². The van der Waals surface area contributed by atoms with E-state index in [2.05, 4.69) is 20.8 Å². The van der Waals surface area contributed by atoms with Gasteiger partial charge in [0, 0.05) is 12.5 Å². The summed E-state index contributed by atoms with van der Waals surface area (Å²) < 4.78 is 11.1. The third-order valence-corrected chi connectivity index (χ3v) is 2.60. The SMILES string of the molecule is CCO[C@@H]1OC[C@H](C)C1C(C)C. The second kappa shape index (κ2) is 4.24. The Bertz CT molecular complexity index is 132. The van der Waals surface area contributed by atoms with Gasteiger partial charge >= 0.3 is 0 Å². The predicted octanol–water partition coefficient (Wildman–Crippen LogP) is 2.29. The van der Waals surface area contributed by atoms with E-state index < -0.39 is 0 Å². The van der Waals surface area contributed by atoms with E-state index in [0.717, 1.165) is 13.2 Å². The maximum absolute atomic E-state index is 5.56. The number of hydrogen-bond donors (Lipinski definition) is 0. The van der Waals surface area contributed by atoms with Crippen molar-refractivity contribution in [2.45, 2.75) is 34.0 Å². The van der Waals surface area contributed by atoms with Crippen LogP contribution in [0.5, 0.6) is 0 Å². The molecule has 0 aromatic rings. The first-order chi connectivity index (χ1) is 5.66. The third-order valence-electron chi connectivity index (χ3n) is 2.60. The van der Waals surface area contributed by atoms with Crippen LogP contribution in [0, 0.1) is 17.8 Å². The molecule has 2 heteroatoms. The molecule has 0 spiro atoms. The number of hydrogen-bond acceptors (Lipinski definition) is 2. The topological polar surface area (TPSA) is 18.5 Å². The third kappa shape index (κ3) is 1.99. The minimum Gasteiger partial charge on any atom is -0.353 e. The summed E-state index contributed by atoms with van der Waals surface area (Å²) in [5.41, 5.74) is 0. The maximum Gasteiger partial charge on any atom is 0.160 e. The highest BCUT2D eigenvalue weighted by atomic mass is 16.7. The maximum atomic E-state index is 5.56. The van der Waals surface area contributed by atoms with E-state index in [9.17, 15) is 0 Å². The van der Waals surface area contributed by atoms with Crippen molar-refractivity contribution in [3.05, 3.63) is 0 Å². The van der Waals surface area contributed by atoms with Crippen LogP contribution in [0.1, 0.15) is 27.7 Å². The van der Waals surface area contributed by atoms with Crippen LogP contribution in [0.3, 0.4) is 0 Å². The Morgan fingerprint density at radius 2 is 2.17 bits per heavy atom. The van der Waals surface area contributed by atoms with Gasteiger partial charge in [-0.15, -0.1) is 0 Å². The van der Waals surface area contributed by atoms with Crippen molar-refractivity contribution >= 4 is 0 Å². The molecule has 1 aliphatic rings. The molecule has 0 bridgehead atoms. The Balaban J connectivity index is 2.51. The van der Waals surface area contributed by atoms with Crippen LogP contribution in [-0.2, 0) is 9.47 Å². The molecule has 1 saturated heterocycles. The molecule has 0 aromatic carbocycles. The zero-order valence-electron chi connectivity index (χ0n) is 8.54. The standard InChI is InChI=1S/C10H20O2/c1-5-11-10-9(7(2)3)8(4)6-12-10/h7-10H,5-6H2,1-4H3/t8-,9?,10+/m0/s1. The molecule has 12 heavy (non-hydrogen) atoms.